The molecule has 82 valence electrons. The molecule has 1 saturated heterocycles. The van der Waals surface area contributed by atoms with Crippen LogP contribution in [0.25, 0.3) is 0 Å². The third-order valence-electron chi connectivity index (χ3n) is 2.71. The topological polar surface area (TPSA) is 42.0 Å². The second-order valence-corrected chi connectivity index (χ2v) is 5.21. The van der Waals surface area contributed by atoms with Gasteiger partial charge in [-0.1, -0.05) is 0 Å². The van der Waals surface area contributed by atoms with E-state index in [9.17, 15) is 4.79 Å². The van der Waals surface area contributed by atoms with E-state index in [4.69, 9.17) is 0 Å². The molecule has 4 heteroatoms. The standard InChI is InChI=1S/C11H16N2OS/c1-8(14)6-11-13-7-10(15-11)9-2-4-12-5-3-9/h7,9,12H,2-6H2,1H3. The average molecular weight is 224 g/mol. The number of carbonyl (C=O) groups is 1. The van der Waals surface area contributed by atoms with Gasteiger partial charge in [0.25, 0.3) is 0 Å². The monoisotopic (exact) mass is 224 g/mol. The number of ketones is 1. The lowest BCUT2D eigenvalue weighted by atomic mass is 9.97. The molecule has 1 aliphatic heterocycles. The summed E-state index contributed by atoms with van der Waals surface area (Å²) in [6.45, 7) is 3.82. The van der Waals surface area contributed by atoms with Crippen LogP contribution in [0.3, 0.4) is 0 Å². The Bertz CT molecular complexity index is 342. The lowest BCUT2D eigenvalue weighted by Crippen LogP contribution is -2.26. The second-order valence-electron chi connectivity index (χ2n) is 4.06. The van der Waals surface area contributed by atoms with Gasteiger partial charge in [-0.05, 0) is 38.8 Å². The van der Waals surface area contributed by atoms with Crippen LogP contribution in [0.1, 0.15) is 35.6 Å². The number of carbonyl (C=O) groups excluding carboxylic acids is 1. The number of hydrogen-bond acceptors (Lipinski definition) is 4. The Morgan fingerprint density at radius 3 is 3.00 bits per heavy atom. The third kappa shape index (κ3) is 2.86. The van der Waals surface area contributed by atoms with Crippen molar-refractivity contribution in [2.24, 2.45) is 0 Å². The van der Waals surface area contributed by atoms with E-state index in [2.05, 4.69) is 10.3 Å². The molecule has 1 aromatic rings. The highest BCUT2D eigenvalue weighted by Gasteiger charge is 2.17. The van der Waals surface area contributed by atoms with Gasteiger partial charge in [0.2, 0.25) is 0 Å². The highest BCUT2D eigenvalue weighted by molar-refractivity contribution is 7.11. The Balaban J connectivity index is 2.02. The Morgan fingerprint density at radius 2 is 2.33 bits per heavy atom. The molecule has 15 heavy (non-hydrogen) atoms. The zero-order valence-corrected chi connectivity index (χ0v) is 9.77. The number of aromatic nitrogens is 1. The van der Waals surface area contributed by atoms with Gasteiger partial charge in [-0.2, -0.15) is 0 Å². The molecule has 3 nitrogen and oxygen atoms in total. The van der Waals surface area contributed by atoms with E-state index < -0.39 is 0 Å². The maximum Gasteiger partial charge on any atom is 0.136 e. The van der Waals surface area contributed by atoms with Crippen LogP contribution in [0.15, 0.2) is 6.20 Å². The number of rotatable bonds is 3. The molecule has 1 aromatic heterocycles. The molecule has 2 rings (SSSR count). The SMILES string of the molecule is CC(=O)Cc1ncc(C2CCNCC2)s1. The van der Waals surface area contributed by atoms with Gasteiger partial charge in [0.1, 0.15) is 10.8 Å². The fraction of sp³-hybridized carbons (Fsp3) is 0.636. The maximum absolute atomic E-state index is 11.0. The van der Waals surface area contributed by atoms with Crippen molar-refractivity contribution in [3.05, 3.63) is 16.1 Å². The number of nitrogens with one attached hydrogen (secondary N) is 1. The first-order valence-electron chi connectivity index (χ1n) is 5.40. The van der Waals surface area contributed by atoms with Crippen LogP contribution in [0.5, 0.6) is 0 Å². The molecule has 0 saturated carbocycles. The summed E-state index contributed by atoms with van der Waals surface area (Å²) in [4.78, 5) is 16.6. The van der Waals surface area contributed by atoms with Crippen molar-refractivity contribution in [3.63, 3.8) is 0 Å². The maximum atomic E-state index is 11.0. The Labute approximate surface area is 93.9 Å². The van der Waals surface area contributed by atoms with Gasteiger partial charge >= 0.3 is 0 Å². The predicted octanol–water partition coefficient (Wildman–Crippen LogP) is 1.74. The summed E-state index contributed by atoms with van der Waals surface area (Å²) in [5, 5.41) is 4.32. The molecular formula is C11H16N2OS. The lowest BCUT2D eigenvalue weighted by Gasteiger charge is -2.20. The minimum atomic E-state index is 0.196. The third-order valence-corrected chi connectivity index (χ3v) is 3.87. The van der Waals surface area contributed by atoms with Crippen molar-refractivity contribution in [1.29, 1.82) is 0 Å². The van der Waals surface area contributed by atoms with E-state index in [0.717, 1.165) is 18.1 Å². The molecule has 0 radical (unpaired) electrons. The smallest absolute Gasteiger partial charge is 0.136 e. The number of piperidine rings is 1. The first-order valence-corrected chi connectivity index (χ1v) is 6.22. The number of Topliss-reactive ketones (excluding diaryl/α,β-unsaturated/α-hetero) is 1. The normalized spacial score (nSPS) is 17.9. The summed E-state index contributed by atoms with van der Waals surface area (Å²) in [5.74, 6) is 0.852. The van der Waals surface area contributed by atoms with E-state index in [-0.39, 0.29) is 5.78 Å². The molecule has 0 spiro atoms. The predicted molar refractivity (Wildman–Crippen MR) is 61.3 cm³/mol. The van der Waals surface area contributed by atoms with Crippen molar-refractivity contribution in [1.82, 2.24) is 10.3 Å². The van der Waals surface area contributed by atoms with Crippen LogP contribution in [0.4, 0.5) is 0 Å². The first-order chi connectivity index (χ1) is 7.25. The zero-order valence-electron chi connectivity index (χ0n) is 8.95. The van der Waals surface area contributed by atoms with Crippen LogP contribution in [0, 0.1) is 0 Å². The molecule has 0 unspecified atom stereocenters. The van der Waals surface area contributed by atoms with Gasteiger partial charge in [0.05, 0.1) is 6.42 Å². The summed E-state index contributed by atoms with van der Waals surface area (Å²) < 4.78 is 0. The van der Waals surface area contributed by atoms with E-state index in [1.54, 1.807) is 18.3 Å². The minimum Gasteiger partial charge on any atom is -0.317 e. The summed E-state index contributed by atoms with van der Waals surface area (Å²) in [5.41, 5.74) is 0. The van der Waals surface area contributed by atoms with Gasteiger partial charge in [-0.25, -0.2) is 4.98 Å². The largest absolute Gasteiger partial charge is 0.317 e. The van der Waals surface area contributed by atoms with Crippen LogP contribution in [-0.4, -0.2) is 23.9 Å². The Hall–Kier alpha value is -0.740. The van der Waals surface area contributed by atoms with Crippen LogP contribution < -0.4 is 5.32 Å². The molecule has 0 bridgehead atoms. The van der Waals surface area contributed by atoms with Gasteiger partial charge in [-0.3, -0.25) is 4.79 Å². The van der Waals surface area contributed by atoms with Crippen molar-refractivity contribution < 1.29 is 4.79 Å². The number of thiazole rings is 1. The molecule has 0 atom stereocenters. The molecule has 1 fully saturated rings. The molecule has 0 aliphatic carbocycles. The molecule has 0 amide bonds. The fourth-order valence-electron chi connectivity index (χ4n) is 1.91. The molecule has 0 aromatic carbocycles. The minimum absolute atomic E-state index is 0.196. The number of nitrogens with zero attached hydrogens (tertiary/aromatic N) is 1. The van der Waals surface area contributed by atoms with Gasteiger partial charge in [-0.15, -0.1) is 11.3 Å². The van der Waals surface area contributed by atoms with Crippen molar-refractivity contribution >= 4 is 17.1 Å². The second kappa shape index (κ2) is 4.86. The Morgan fingerprint density at radius 1 is 1.60 bits per heavy atom. The molecule has 1 aliphatic rings. The van der Waals surface area contributed by atoms with E-state index in [1.807, 2.05) is 6.20 Å². The van der Waals surface area contributed by atoms with E-state index in [0.29, 0.717) is 12.3 Å². The van der Waals surface area contributed by atoms with Crippen molar-refractivity contribution in [2.75, 3.05) is 13.1 Å². The summed E-state index contributed by atoms with van der Waals surface area (Å²) in [6.07, 6.45) is 4.85. The van der Waals surface area contributed by atoms with E-state index in [1.165, 1.54) is 17.7 Å². The Kier molecular flexibility index (Phi) is 3.49. The first kappa shape index (κ1) is 10.8. The van der Waals surface area contributed by atoms with Gasteiger partial charge < -0.3 is 5.32 Å². The van der Waals surface area contributed by atoms with E-state index >= 15 is 0 Å². The number of hydrogen-bond donors (Lipinski definition) is 1. The molecule has 2 heterocycles. The van der Waals surface area contributed by atoms with Crippen LogP contribution in [-0.2, 0) is 11.2 Å². The van der Waals surface area contributed by atoms with Crippen LogP contribution >= 0.6 is 11.3 Å². The molecular weight excluding hydrogens is 208 g/mol. The highest BCUT2D eigenvalue weighted by Crippen LogP contribution is 2.29. The fourth-order valence-corrected chi connectivity index (χ4v) is 3.07. The summed E-state index contributed by atoms with van der Waals surface area (Å²) in [7, 11) is 0. The quantitative estimate of drug-likeness (QED) is 0.850. The highest BCUT2D eigenvalue weighted by atomic mass is 32.1. The lowest BCUT2D eigenvalue weighted by molar-refractivity contribution is -0.116. The van der Waals surface area contributed by atoms with Gasteiger partial charge in [0.15, 0.2) is 0 Å². The zero-order chi connectivity index (χ0) is 10.7. The summed E-state index contributed by atoms with van der Waals surface area (Å²) >= 11 is 1.71. The van der Waals surface area contributed by atoms with Crippen LogP contribution in [0.2, 0.25) is 0 Å². The average Bonchev–Trinajstić information content (AvgIpc) is 2.67. The van der Waals surface area contributed by atoms with Crippen molar-refractivity contribution in [3.8, 4) is 0 Å². The van der Waals surface area contributed by atoms with Crippen molar-refractivity contribution in [2.45, 2.75) is 32.1 Å². The molecule has 1 N–H and O–H groups in total. The van der Waals surface area contributed by atoms with Gasteiger partial charge in [0, 0.05) is 11.1 Å². The summed E-state index contributed by atoms with van der Waals surface area (Å²) in [6, 6.07) is 0.